The van der Waals surface area contributed by atoms with Crippen LogP contribution in [0, 0.1) is 12.8 Å². The number of nitrogens with zero attached hydrogens (tertiary/aromatic N) is 1. The number of amides is 1. The first-order valence-electron chi connectivity index (χ1n) is 6.89. The molecular weight excluding hydrogens is 242 g/mol. The highest BCUT2D eigenvalue weighted by molar-refractivity contribution is 5.92. The fourth-order valence-corrected chi connectivity index (χ4v) is 2.88. The summed E-state index contributed by atoms with van der Waals surface area (Å²) in [7, 11) is 2.10. The molecule has 1 amide bonds. The number of hydrogen-bond acceptors (Lipinski definition) is 4. The Bertz CT molecular complexity index is 436. The molecule has 1 aliphatic carbocycles. The molecule has 0 aromatic carbocycles. The summed E-state index contributed by atoms with van der Waals surface area (Å²) >= 11 is 0. The Morgan fingerprint density at radius 2 is 2.21 bits per heavy atom. The van der Waals surface area contributed by atoms with E-state index in [1.807, 2.05) is 13.0 Å². The van der Waals surface area contributed by atoms with Crippen molar-refractivity contribution in [2.24, 2.45) is 11.8 Å². The van der Waals surface area contributed by atoms with Gasteiger partial charge in [0, 0.05) is 12.1 Å². The van der Waals surface area contributed by atoms with Gasteiger partial charge in [-0.25, -0.2) is 5.84 Å². The van der Waals surface area contributed by atoms with Crippen LogP contribution >= 0.6 is 0 Å². The first-order valence-corrected chi connectivity index (χ1v) is 6.89. The van der Waals surface area contributed by atoms with Gasteiger partial charge in [0.05, 0.1) is 6.54 Å². The quantitative estimate of drug-likeness (QED) is 0.484. The van der Waals surface area contributed by atoms with Gasteiger partial charge in [-0.1, -0.05) is 12.8 Å². The molecule has 1 saturated carbocycles. The largest absolute Gasteiger partial charge is 0.454 e. The minimum absolute atomic E-state index is 0.312. The maximum atomic E-state index is 11.5. The van der Waals surface area contributed by atoms with E-state index in [4.69, 9.17) is 10.3 Å². The smallest absolute Gasteiger partial charge is 0.301 e. The number of aryl methyl sites for hydroxylation is 1. The van der Waals surface area contributed by atoms with Crippen LogP contribution in [0.1, 0.15) is 47.6 Å². The van der Waals surface area contributed by atoms with E-state index in [2.05, 4.69) is 17.4 Å². The molecule has 1 aliphatic rings. The van der Waals surface area contributed by atoms with Gasteiger partial charge in [0.2, 0.25) is 0 Å². The van der Waals surface area contributed by atoms with Crippen LogP contribution in [0.15, 0.2) is 10.5 Å². The van der Waals surface area contributed by atoms with Crippen molar-refractivity contribution >= 4 is 5.91 Å². The lowest BCUT2D eigenvalue weighted by molar-refractivity contribution is 0.0921. The molecule has 1 fully saturated rings. The topological polar surface area (TPSA) is 71.5 Å². The van der Waals surface area contributed by atoms with Crippen molar-refractivity contribution < 1.29 is 9.21 Å². The number of nitrogen functional groups attached to an aromatic ring is 1. The first kappa shape index (κ1) is 14.1. The highest BCUT2D eigenvalue weighted by atomic mass is 16.4. The van der Waals surface area contributed by atoms with E-state index in [9.17, 15) is 4.79 Å². The van der Waals surface area contributed by atoms with Gasteiger partial charge in [-0.15, -0.1) is 0 Å². The van der Waals surface area contributed by atoms with Crippen LogP contribution in [0.4, 0.5) is 0 Å². The summed E-state index contributed by atoms with van der Waals surface area (Å²) < 4.78 is 5.57. The van der Waals surface area contributed by atoms with Crippen LogP contribution in [0.5, 0.6) is 0 Å². The monoisotopic (exact) mass is 265 g/mol. The summed E-state index contributed by atoms with van der Waals surface area (Å²) in [6.07, 6.45) is 5.39. The van der Waals surface area contributed by atoms with E-state index in [1.165, 1.54) is 25.7 Å². The molecule has 106 valence electrons. The van der Waals surface area contributed by atoms with E-state index < -0.39 is 0 Å². The maximum absolute atomic E-state index is 11.5. The van der Waals surface area contributed by atoms with E-state index in [0.29, 0.717) is 5.76 Å². The molecule has 1 heterocycles. The molecule has 0 radical (unpaired) electrons. The Kier molecular flexibility index (Phi) is 4.61. The molecule has 5 heteroatoms. The molecule has 0 atom stereocenters. The van der Waals surface area contributed by atoms with E-state index in [0.717, 1.165) is 30.3 Å². The van der Waals surface area contributed by atoms with Crippen molar-refractivity contribution in [1.29, 1.82) is 0 Å². The summed E-state index contributed by atoms with van der Waals surface area (Å²) in [5.41, 5.74) is 2.93. The van der Waals surface area contributed by atoms with Gasteiger partial charge in [0.1, 0.15) is 5.76 Å². The van der Waals surface area contributed by atoms with Crippen molar-refractivity contribution in [3.05, 3.63) is 23.2 Å². The van der Waals surface area contributed by atoms with E-state index in [1.54, 1.807) is 0 Å². The lowest BCUT2D eigenvalue weighted by Gasteiger charge is -2.19. The van der Waals surface area contributed by atoms with Crippen LogP contribution in [0.25, 0.3) is 0 Å². The standard InChI is InChI=1S/C14H23N3O2/c1-10-7-12(19-13(10)14(18)16-15)9-17(2)8-11-5-3-4-6-11/h7,11H,3-6,8-9,15H2,1-2H3,(H,16,18). The first-order chi connectivity index (χ1) is 9.10. The van der Waals surface area contributed by atoms with Crippen LogP contribution in [-0.4, -0.2) is 24.4 Å². The summed E-state index contributed by atoms with van der Waals surface area (Å²) in [5, 5.41) is 0. The fourth-order valence-electron chi connectivity index (χ4n) is 2.88. The number of nitrogens with two attached hydrogens (primary N) is 1. The van der Waals surface area contributed by atoms with Gasteiger partial charge in [-0.3, -0.25) is 15.1 Å². The van der Waals surface area contributed by atoms with Crippen LogP contribution in [0.3, 0.4) is 0 Å². The van der Waals surface area contributed by atoms with Crippen LogP contribution < -0.4 is 11.3 Å². The summed E-state index contributed by atoms with van der Waals surface area (Å²) in [5.74, 6) is 6.69. The highest BCUT2D eigenvalue weighted by Crippen LogP contribution is 2.25. The molecule has 0 saturated heterocycles. The molecule has 0 bridgehead atoms. The minimum atomic E-state index is -0.373. The Morgan fingerprint density at radius 3 is 2.84 bits per heavy atom. The zero-order valence-corrected chi connectivity index (χ0v) is 11.7. The predicted octanol–water partition coefficient (Wildman–Crippen LogP) is 1.81. The molecule has 3 N–H and O–H groups in total. The maximum Gasteiger partial charge on any atom is 0.301 e. The molecule has 0 spiro atoms. The third kappa shape index (κ3) is 3.58. The number of hydrogen-bond donors (Lipinski definition) is 2. The van der Waals surface area contributed by atoms with Crippen molar-refractivity contribution in [3.63, 3.8) is 0 Å². The second-order valence-corrected chi connectivity index (χ2v) is 5.55. The number of nitrogens with one attached hydrogen (secondary N) is 1. The van der Waals surface area contributed by atoms with Gasteiger partial charge < -0.3 is 4.42 Å². The molecule has 1 aromatic heterocycles. The number of rotatable bonds is 5. The number of hydrazine groups is 1. The average molecular weight is 265 g/mol. The molecule has 1 aromatic rings. The molecule has 2 rings (SSSR count). The van der Waals surface area contributed by atoms with Crippen LogP contribution in [0.2, 0.25) is 0 Å². The molecule has 19 heavy (non-hydrogen) atoms. The second kappa shape index (κ2) is 6.21. The van der Waals surface area contributed by atoms with Gasteiger partial charge >= 0.3 is 5.91 Å². The van der Waals surface area contributed by atoms with E-state index in [-0.39, 0.29) is 5.91 Å². The zero-order valence-electron chi connectivity index (χ0n) is 11.7. The van der Waals surface area contributed by atoms with Crippen molar-refractivity contribution in [2.45, 2.75) is 39.2 Å². The van der Waals surface area contributed by atoms with Gasteiger partial charge in [-0.2, -0.15) is 0 Å². The van der Waals surface area contributed by atoms with Crippen molar-refractivity contribution in [1.82, 2.24) is 10.3 Å². The highest BCUT2D eigenvalue weighted by Gasteiger charge is 2.19. The summed E-state index contributed by atoms with van der Waals surface area (Å²) in [6, 6.07) is 1.91. The zero-order chi connectivity index (χ0) is 13.8. The molecule has 0 aliphatic heterocycles. The Hall–Kier alpha value is -1.33. The third-order valence-corrected chi connectivity index (χ3v) is 3.78. The SMILES string of the molecule is Cc1cc(CN(C)CC2CCCC2)oc1C(=O)NN. The molecule has 0 unspecified atom stereocenters. The minimum Gasteiger partial charge on any atom is -0.454 e. The number of furan rings is 1. The van der Waals surface area contributed by atoms with Gasteiger partial charge in [-0.05, 0) is 38.8 Å². The van der Waals surface area contributed by atoms with E-state index >= 15 is 0 Å². The second-order valence-electron chi connectivity index (χ2n) is 5.55. The molecular formula is C14H23N3O2. The lowest BCUT2D eigenvalue weighted by Crippen LogP contribution is -2.30. The summed E-state index contributed by atoms with van der Waals surface area (Å²) in [4.78, 5) is 13.7. The number of carbonyl (C=O) groups excluding carboxylic acids is 1. The Labute approximate surface area is 114 Å². The predicted molar refractivity (Wildman–Crippen MR) is 73.4 cm³/mol. The Balaban J connectivity index is 1.93. The number of carbonyl (C=O) groups is 1. The normalized spacial score (nSPS) is 16.2. The average Bonchev–Trinajstić information content (AvgIpc) is 2.98. The Morgan fingerprint density at radius 1 is 1.53 bits per heavy atom. The lowest BCUT2D eigenvalue weighted by atomic mass is 10.1. The molecule has 5 nitrogen and oxygen atoms in total. The van der Waals surface area contributed by atoms with Gasteiger partial charge in [0.15, 0.2) is 5.76 Å². The van der Waals surface area contributed by atoms with Crippen molar-refractivity contribution in [2.75, 3.05) is 13.6 Å². The third-order valence-electron chi connectivity index (χ3n) is 3.78. The van der Waals surface area contributed by atoms with Crippen LogP contribution in [-0.2, 0) is 6.54 Å². The van der Waals surface area contributed by atoms with Crippen molar-refractivity contribution in [3.8, 4) is 0 Å². The summed E-state index contributed by atoms with van der Waals surface area (Å²) in [6.45, 7) is 3.68. The van der Waals surface area contributed by atoms with Gasteiger partial charge in [0.25, 0.3) is 0 Å². The fraction of sp³-hybridized carbons (Fsp3) is 0.643.